The van der Waals surface area contributed by atoms with Crippen LogP contribution in [0.1, 0.15) is 26.7 Å². The first kappa shape index (κ1) is 16.0. The minimum atomic E-state index is -0.877. The third-order valence-corrected chi connectivity index (χ3v) is 3.64. The molecular formula is C15H20N4O3. The van der Waals surface area contributed by atoms with E-state index in [1.54, 1.807) is 18.2 Å². The maximum absolute atomic E-state index is 12.6. The fourth-order valence-corrected chi connectivity index (χ4v) is 2.41. The lowest BCUT2D eigenvalue weighted by Gasteiger charge is -2.30. The van der Waals surface area contributed by atoms with Gasteiger partial charge in [0.1, 0.15) is 6.04 Å². The van der Waals surface area contributed by atoms with Crippen LogP contribution < -0.4 is 16.9 Å². The van der Waals surface area contributed by atoms with Crippen molar-refractivity contribution in [2.24, 2.45) is 17.0 Å². The summed E-state index contributed by atoms with van der Waals surface area (Å²) in [6, 6.07) is -0.877. The number of nitrogens with zero attached hydrogens (tertiary/aromatic N) is 1. The second kappa shape index (κ2) is 5.76. The number of nitrogens with one attached hydrogen (secondary N) is 1. The molecule has 1 aliphatic carbocycles. The summed E-state index contributed by atoms with van der Waals surface area (Å²) in [5.74, 6) is 4.36. The molecular weight excluding hydrogens is 284 g/mol. The lowest BCUT2D eigenvalue weighted by Crippen LogP contribution is -2.57. The number of nitrogens with two attached hydrogens (primary N) is 2. The molecule has 1 fully saturated rings. The SMILES string of the molecule is CC1(C)C=CC=C(N)C(C(=O)N(N)C2CCC(=O)NC2=O)=C1. The quantitative estimate of drug-likeness (QED) is 0.284. The first-order chi connectivity index (χ1) is 10.2. The van der Waals surface area contributed by atoms with Gasteiger partial charge in [0.05, 0.1) is 5.57 Å². The smallest absolute Gasteiger partial charge is 0.270 e. The average molecular weight is 304 g/mol. The van der Waals surface area contributed by atoms with Crippen molar-refractivity contribution < 1.29 is 14.4 Å². The number of hydrogen-bond acceptors (Lipinski definition) is 5. The highest BCUT2D eigenvalue weighted by Crippen LogP contribution is 2.27. The molecule has 1 saturated heterocycles. The summed E-state index contributed by atoms with van der Waals surface area (Å²) < 4.78 is 0. The van der Waals surface area contributed by atoms with Gasteiger partial charge in [0.15, 0.2) is 0 Å². The number of hydrogen-bond donors (Lipinski definition) is 3. The van der Waals surface area contributed by atoms with E-state index in [2.05, 4.69) is 5.32 Å². The first-order valence-electron chi connectivity index (χ1n) is 7.01. The lowest BCUT2D eigenvalue weighted by molar-refractivity contribution is -0.144. The van der Waals surface area contributed by atoms with Crippen LogP contribution >= 0.6 is 0 Å². The fourth-order valence-electron chi connectivity index (χ4n) is 2.41. The minimum absolute atomic E-state index is 0.148. The van der Waals surface area contributed by atoms with E-state index >= 15 is 0 Å². The Bertz CT molecular complexity index is 616. The molecule has 2 rings (SSSR count). The highest BCUT2D eigenvalue weighted by Gasteiger charge is 2.35. The molecule has 0 radical (unpaired) electrons. The van der Waals surface area contributed by atoms with Crippen molar-refractivity contribution >= 4 is 17.7 Å². The molecule has 0 aromatic carbocycles. The second-order valence-electron chi connectivity index (χ2n) is 6.04. The van der Waals surface area contributed by atoms with Crippen molar-refractivity contribution in [1.29, 1.82) is 0 Å². The third kappa shape index (κ3) is 3.25. The van der Waals surface area contributed by atoms with Crippen LogP contribution in [0, 0.1) is 5.41 Å². The summed E-state index contributed by atoms with van der Waals surface area (Å²) in [7, 11) is 0. The van der Waals surface area contributed by atoms with Gasteiger partial charge in [0, 0.05) is 17.5 Å². The average Bonchev–Trinajstić information content (AvgIpc) is 2.56. The topological polar surface area (TPSA) is 119 Å². The van der Waals surface area contributed by atoms with Gasteiger partial charge in [-0.25, -0.2) is 5.84 Å². The molecule has 0 spiro atoms. The van der Waals surface area contributed by atoms with Crippen LogP contribution in [0.15, 0.2) is 35.6 Å². The van der Waals surface area contributed by atoms with Crippen LogP contribution in [0.4, 0.5) is 0 Å². The van der Waals surface area contributed by atoms with Crippen molar-refractivity contribution in [1.82, 2.24) is 10.3 Å². The molecule has 118 valence electrons. The summed E-state index contributed by atoms with van der Waals surface area (Å²) in [6.07, 6.45) is 7.37. The molecule has 1 unspecified atom stereocenters. The van der Waals surface area contributed by atoms with Crippen LogP contribution in [0.25, 0.3) is 0 Å². The van der Waals surface area contributed by atoms with E-state index in [9.17, 15) is 14.4 Å². The molecule has 22 heavy (non-hydrogen) atoms. The van der Waals surface area contributed by atoms with Gasteiger partial charge in [-0.05, 0) is 12.5 Å². The number of carbonyl (C=O) groups excluding carboxylic acids is 3. The Morgan fingerprint density at radius 1 is 1.41 bits per heavy atom. The molecule has 7 heteroatoms. The molecule has 0 aromatic rings. The maximum Gasteiger partial charge on any atom is 0.270 e. The summed E-state index contributed by atoms with van der Waals surface area (Å²) >= 11 is 0. The number of rotatable bonds is 2. The first-order valence-corrected chi connectivity index (χ1v) is 7.01. The van der Waals surface area contributed by atoms with Gasteiger partial charge in [-0.3, -0.25) is 24.7 Å². The van der Waals surface area contributed by atoms with Crippen LogP contribution in [-0.2, 0) is 14.4 Å². The van der Waals surface area contributed by atoms with Gasteiger partial charge in [0.2, 0.25) is 5.91 Å². The summed E-state index contributed by atoms with van der Waals surface area (Å²) in [6.45, 7) is 3.85. The van der Waals surface area contributed by atoms with Gasteiger partial charge in [-0.1, -0.05) is 32.1 Å². The van der Waals surface area contributed by atoms with E-state index in [-0.39, 0.29) is 35.4 Å². The van der Waals surface area contributed by atoms with Crippen molar-refractivity contribution in [3.63, 3.8) is 0 Å². The van der Waals surface area contributed by atoms with Gasteiger partial charge < -0.3 is 5.73 Å². The molecule has 7 nitrogen and oxygen atoms in total. The second-order valence-corrected chi connectivity index (χ2v) is 6.04. The van der Waals surface area contributed by atoms with E-state index in [0.717, 1.165) is 5.01 Å². The van der Waals surface area contributed by atoms with Crippen LogP contribution in [0.2, 0.25) is 0 Å². The van der Waals surface area contributed by atoms with E-state index in [1.165, 1.54) is 0 Å². The number of hydrazine groups is 1. The summed E-state index contributed by atoms with van der Waals surface area (Å²) in [5, 5.41) is 3.04. The predicted octanol–water partition coefficient (Wildman–Crippen LogP) is -0.141. The standard InChI is InChI=1S/C15H20N4O3/c1-15(2)7-3-4-10(16)9(8-15)14(22)19(17)11-5-6-12(20)18-13(11)21/h3-4,7-8,11H,5-6,16-17H2,1-2H3,(H,18,20,21). The van der Waals surface area contributed by atoms with Crippen LogP contribution in [0.3, 0.4) is 0 Å². The van der Waals surface area contributed by atoms with Crippen molar-refractivity contribution in [2.45, 2.75) is 32.7 Å². The molecule has 2 aliphatic rings. The number of imide groups is 1. The third-order valence-electron chi connectivity index (χ3n) is 3.64. The van der Waals surface area contributed by atoms with E-state index in [4.69, 9.17) is 11.6 Å². The lowest BCUT2D eigenvalue weighted by atomic mass is 9.90. The molecule has 3 amide bonds. The van der Waals surface area contributed by atoms with E-state index < -0.39 is 17.9 Å². The molecule has 1 heterocycles. The minimum Gasteiger partial charge on any atom is -0.398 e. The van der Waals surface area contributed by atoms with Crippen LogP contribution in [-0.4, -0.2) is 28.8 Å². The number of amides is 3. The largest absolute Gasteiger partial charge is 0.398 e. The summed E-state index contributed by atoms with van der Waals surface area (Å²) in [4.78, 5) is 35.6. The zero-order chi connectivity index (χ0) is 16.5. The zero-order valence-electron chi connectivity index (χ0n) is 12.6. The Labute approximate surface area is 128 Å². The molecule has 1 atom stereocenters. The monoisotopic (exact) mass is 304 g/mol. The highest BCUT2D eigenvalue weighted by atomic mass is 16.2. The summed E-state index contributed by atoms with van der Waals surface area (Å²) in [5.41, 5.74) is 6.08. The molecule has 0 aromatic heterocycles. The van der Waals surface area contributed by atoms with Crippen molar-refractivity contribution in [3.8, 4) is 0 Å². The molecule has 1 aliphatic heterocycles. The van der Waals surface area contributed by atoms with Crippen molar-refractivity contribution in [2.75, 3.05) is 0 Å². The maximum atomic E-state index is 12.6. The zero-order valence-corrected chi connectivity index (χ0v) is 12.6. The molecule has 5 N–H and O–H groups in total. The Morgan fingerprint density at radius 2 is 2.09 bits per heavy atom. The van der Waals surface area contributed by atoms with Gasteiger partial charge >= 0.3 is 0 Å². The van der Waals surface area contributed by atoms with E-state index in [1.807, 2.05) is 19.9 Å². The Morgan fingerprint density at radius 3 is 2.73 bits per heavy atom. The number of piperidine rings is 1. The number of carbonyl (C=O) groups is 3. The van der Waals surface area contributed by atoms with Crippen molar-refractivity contribution in [3.05, 3.63) is 35.6 Å². The highest BCUT2D eigenvalue weighted by molar-refractivity contribution is 6.04. The van der Waals surface area contributed by atoms with Gasteiger partial charge in [0.25, 0.3) is 11.8 Å². The van der Waals surface area contributed by atoms with Gasteiger partial charge in [-0.15, -0.1) is 0 Å². The molecule has 0 bridgehead atoms. The molecule has 0 saturated carbocycles. The van der Waals surface area contributed by atoms with Crippen LogP contribution in [0.5, 0.6) is 0 Å². The Hall–Kier alpha value is -2.41. The number of allylic oxidation sites excluding steroid dienone is 4. The fraction of sp³-hybridized carbons (Fsp3) is 0.400. The normalized spacial score (nSPS) is 24.0. The Kier molecular flexibility index (Phi) is 4.18. The predicted molar refractivity (Wildman–Crippen MR) is 80.5 cm³/mol. The Balaban J connectivity index is 2.25. The van der Waals surface area contributed by atoms with Gasteiger partial charge in [-0.2, -0.15) is 0 Å². The van der Waals surface area contributed by atoms with E-state index in [0.29, 0.717) is 0 Å².